The zero-order valence-corrected chi connectivity index (χ0v) is 18.7. The molecule has 4 N–H and O–H groups in total. The fourth-order valence-electron chi connectivity index (χ4n) is 5.19. The lowest BCUT2D eigenvalue weighted by molar-refractivity contribution is -0.142. The largest absolute Gasteiger partial charge is 0.507 e. The molecule has 6 nitrogen and oxygen atoms in total. The first-order chi connectivity index (χ1) is 15.2. The first-order valence-electron chi connectivity index (χ1n) is 11.0. The molecule has 0 bridgehead atoms. The average molecular weight is 438 g/mol. The summed E-state index contributed by atoms with van der Waals surface area (Å²) in [5.74, 6) is -0.368. The van der Waals surface area contributed by atoms with Crippen molar-refractivity contribution in [2.24, 2.45) is 11.3 Å². The number of amides is 1. The van der Waals surface area contributed by atoms with Crippen LogP contribution in [0.25, 0.3) is 6.08 Å². The van der Waals surface area contributed by atoms with Crippen molar-refractivity contribution >= 4 is 17.7 Å². The van der Waals surface area contributed by atoms with Crippen LogP contribution in [0.1, 0.15) is 49.8 Å². The highest BCUT2D eigenvalue weighted by Gasteiger charge is 2.51. The molecule has 1 heterocycles. The highest BCUT2D eigenvalue weighted by Crippen LogP contribution is 2.48. The van der Waals surface area contributed by atoms with Crippen molar-refractivity contribution in [2.75, 3.05) is 12.4 Å². The van der Waals surface area contributed by atoms with E-state index < -0.39 is 17.6 Å². The summed E-state index contributed by atoms with van der Waals surface area (Å²) >= 11 is 0. The van der Waals surface area contributed by atoms with Gasteiger partial charge < -0.3 is 25.4 Å². The number of anilines is 1. The Balaban J connectivity index is 1.79. The van der Waals surface area contributed by atoms with Gasteiger partial charge in [0.15, 0.2) is 11.7 Å². The van der Waals surface area contributed by atoms with Gasteiger partial charge in [0.25, 0.3) is 5.91 Å². The number of hydrogen-bond donors (Lipinski definition) is 4. The Morgan fingerprint density at radius 3 is 2.56 bits per heavy atom. The first-order valence-corrected chi connectivity index (χ1v) is 11.0. The summed E-state index contributed by atoms with van der Waals surface area (Å²) < 4.78 is 5.40. The predicted molar refractivity (Wildman–Crippen MR) is 123 cm³/mol. The summed E-state index contributed by atoms with van der Waals surface area (Å²) in [6.07, 6.45) is 4.90. The maximum Gasteiger partial charge on any atom is 0.257 e. The summed E-state index contributed by atoms with van der Waals surface area (Å²) in [4.78, 5) is 12.7. The van der Waals surface area contributed by atoms with E-state index in [1.54, 1.807) is 36.4 Å². The van der Waals surface area contributed by atoms with Crippen LogP contribution < -0.4 is 5.32 Å². The van der Waals surface area contributed by atoms with Crippen molar-refractivity contribution < 1.29 is 24.9 Å². The number of methoxy groups -OCH3 is 1. The van der Waals surface area contributed by atoms with E-state index in [1.807, 2.05) is 12.1 Å². The number of ether oxygens (including phenoxy) is 1. The molecule has 170 valence electrons. The van der Waals surface area contributed by atoms with Crippen molar-refractivity contribution in [3.63, 3.8) is 0 Å². The van der Waals surface area contributed by atoms with E-state index >= 15 is 0 Å². The van der Waals surface area contributed by atoms with Crippen molar-refractivity contribution in [1.29, 1.82) is 0 Å². The summed E-state index contributed by atoms with van der Waals surface area (Å²) in [5, 5.41) is 36.0. The third kappa shape index (κ3) is 3.72. The number of rotatable bonds is 4. The molecular formula is C26H31NO5. The number of carbonyl (C=O) groups excluding carboxylic acids is 1. The standard InChI is InChI=1S/C26H31NO5/c1-16-15-25(2,14-12-20(16)28)13-11-17-9-10-19-21(22(17)29)26(31,18-7-5-4-6-8-18)23(32-3)24(30)27-19/h4-11,13,16,20,23,28-29,31H,12,14-15H2,1-3H3,(H,27,30)/b13-11+. The molecule has 0 saturated heterocycles. The van der Waals surface area contributed by atoms with Crippen LogP contribution in [-0.4, -0.2) is 40.5 Å². The fraction of sp³-hybridized carbons (Fsp3) is 0.423. The van der Waals surface area contributed by atoms with Crippen molar-refractivity contribution in [3.8, 4) is 5.75 Å². The second kappa shape index (κ2) is 8.35. The fourth-order valence-corrected chi connectivity index (χ4v) is 5.19. The molecule has 1 saturated carbocycles. The van der Waals surface area contributed by atoms with Crippen LogP contribution in [0.4, 0.5) is 5.69 Å². The molecule has 5 atom stereocenters. The van der Waals surface area contributed by atoms with Crippen LogP contribution >= 0.6 is 0 Å². The number of phenols is 1. The highest BCUT2D eigenvalue weighted by molar-refractivity contribution is 6.00. The maximum atomic E-state index is 12.7. The van der Waals surface area contributed by atoms with Crippen LogP contribution in [0.15, 0.2) is 48.5 Å². The highest BCUT2D eigenvalue weighted by atomic mass is 16.5. The summed E-state index contributed by atoms with van der Waals surface area (Å²) in [6, 6.07) is 12.2. The number of hydrogen-bond acceptors (Lipinski definition) is 5. The molecule has 0 spiro atoms. The minimum absolute atomic E-state index is 0.0972. The van der Waals surface area contributed by atoms with E-state index in [-0.39, 0.29) is 28.7 Å². The van der Waals surface area contributed by atoms with Crippen LogP contribution in [0, 0.1) is 11.3 Å². The molecule has 4 rings (SSSR count). The quantitative estimate of drug-likeness (QED) is 0.583. The summed E-state index contributed by atoms with van der Waals surface area (Å²) in [6.45, 7) is 4.21. The number of benzene rings is 2. The van der Waals surface area contributed by atoms with Gasteiger partial charge in [-0.25, -0.2) is 0 Å². The van der Waals surface area contributed by atoms with E-state index in [0.717, 1.165) is 19.3 Å². The Kier molecular flexibility index (Phi) is 5.88. The molecule has 1 amide bonds. The van der Waals surface area contributed by atoms with Gasteiger partial charge in [0.1, 0.15) is 5.75 Å². The van der Waals surface area contributed by atoms with Crippen LogP contribution in [0.2, 0.25) is 0 Å². The zero-order valence-electron chi connectivity index (χ0n) is 18.7. The number of allylic oxidation sites excluding steroid dienone is 1. The normalized spacial score (nSPS) is 32.5. The van der Waals surface area contributed by atoms with Crippen molar-refractivity contribution in [2.45, 2.75) is 50.9 Å². The molecule has 2 aliphatic rings. The Labute approximate surface area is 188 Å². The predicted octanol–water partition coefficient (Wildman–Crippen LogP) is 3.80. The van der Waals surface area contributed by atoms with Crippen molar-refractivity contribution in [1.82, 2.24) is 0 Å². The Morgan fingerprint density at radius 1 is 1.19 bits per heavy atom. The number of nitrogens with one attached hydrogen (secondary N) is 1. The van der Waals surface area contributed by atoms with Gasteiger partial charge in [-0.2, -0.15) is 0 Å². The molecule has 0 radical (unpaired) electrons. The third-order valence-electron chi connectivity index (χ3n) is 7.04. The third-order valence-corrected chi connectivity index (χ3v) is 7.04. The van der Waals surface area contributed by atoms with Crippen molar-refractivity contribution in [3.05, 3.63) is 65.2 Å². The minimum Gasteiger partial charge on any atom is -0.507 e. The van der Waals surface area contributed by atoms with Gasteiger partial charge in [-0.1, -0.05) is 56.3 Å². The number of carbonyl (C=O) groups is 1. The first kappa shape index (κ1) is 22.5. The maximum absolute atomic E-state index is 12.7. The smallest absolute Gasteiger partial charge is 0.257 e. The molecule has 32 heavy (non-hydrogen) atoms. The van der Waals surface area contributed by atoms with Gasteiger partial charge in [-0.05, 0) is 48.3 Å². The lowest BCUT2D eigenvalue weighted by atomic mass is 9.70. The Morgan fingerprint density at radius 2 is 1.91 bits per heavy atom. The lowest BCUT2D eigenvalue weighted by Gasteiger charge is -2.40. The Bertz CT molecular complexity index is 1040. The lowest BCUT2D eigenvalue weighted by Crippen LogP contribution is -2.52. The van der Waals surface area contributed by atoms with E-state index in [4.69, 9.17) is 4.74 Å². The van der Waals surface area contributed by atoms with Gasteiger partial charge in [-0.3, -0.25) is 4.79 Å². The second-order valence-electron chi connectivity index (χ2n) is 9.44. The molecule has 1 aliphatic carbocycles. The number of aliphatic hydroxyl groups is 2. The second-order valence-corrected chi connectivity index (χ2v) is 9.44. The van der Waals surface area contributed by atoms with E-state index in [9.17, 15) is 20.1 Å². The Hall–Kier alpha value is -2.67. The van der Waals surface area contributed by atoms with Crippen LogP contribution in [0.5, 0.6) is 5.75 Å². The molecule has 5 unspecified atom stereocenters. The average Bonchev–Trinajstić information content (AvgIpc) is 2.77. The van der Waals surface area contributed by atoms with Gasteiger partial charge in [0.2, 0.25) is 0 Å². The molecule has 1 fully saturated rings. The SMILES string of the molecule is COC1C(=O)Nc2ccc(/C=C/C3(C)CCC(O)C(C)C3)c(O)c2C1(O)c1ccccc1. The van der Waals surface area contributed by atoms with Gasteiger partial charge in [0.05, 0.1) is 17.4 Å². The molecule has 6 heteroatoms. The summed E-state index contributed by atoms with van der Waals surface area (Å²) in [5.41, 5.74) is -0.375. The van der Waals surface area contributed by atoms with E-state index in [1.165, 1.54) is 7.11 Å². The van der Waals surface area contributed by atoms with Gasteiger partial charge in [-0.15, -0.1) is 0 Å². The van der Waals surface area contributed by atoms with Gasteiger partial charge >= 0.3 is 0 Å². The molecule has 0 aromatic heterocycles. The zero-order chi connectivity index (χ0) is 23.1. The topological polar surface area (TPSA) is 99.0 Å². The van der Waals surface area contributed by atoms with Gasteiger partial charge in [0, 0.05) is 12.7 Å². The molecule has 2 aromatic carbocycles. The number of aromatic hydroxyl groups is 1. The molecule has 1 aliphatic heterocycles. The number of fused-ring (bicyclic) bond motifs is 1. The number of aliphatic hydroxyl groups excluding tert-OH is 1. The molecular weight excluding hydrogens is 406 g/mol. The van der Waals surface area contributed by atoms with Crippen LogP contribution in [-0.2, 0) is 15.1 Å². The monoisotopic (exact) mass is 437 g/mol. The van der Waals surface area contributed by atoms with Crippen LogP contribution in [0.3, 0.4) is 0 Å². The summed E-state index contributed by atoms with van der Waals surface area (Å²) in [7, 11) is 1.36. The molecule has 2 aromatic rings. The minimum atomic E-state index is -1.85. The number of phenolic OH excluding ortho intramolecular Hbond substituents is 1. The van der Waals surface area contributed by atoms with E-state index in [0.29, 0.717) is 16.8 Å². The van der Waals surface area contributed by atoms with E-state index in [2.05, 4.69) is 25.2 Å².